The van der Waals surface area contributed by atoms with Crippen molar-refractivity contribution >= 4 is 11.6 Å². The molecule has 3 aromatic rings. The number of hydrogen-bond acceptors (Lipinski definition) is 7. The summed E-state index contributed by atoms with van der Waals surface area (Å²) >= 11 is 0. The highest BCUT2D eigenvalue weighted by Gasteiger charge is 2.23. The van der Waals surface area contributed by atoms with Crippen LogP contribution in [0.15, 0.2) is 65.3 Å². The number of nitrogens with zero attached hydrogens (tertiary/aromatic N) is 2. The Morgan fingerprint density at radius 2 is 1.97 bits per heavy atom. The van der Waals surface area contributed by atoms with Gasteiger partial charge in [-0.2, -0.15) is 0 Å². The maximum absolute atomic E-state index is 13.0. The first-order chi connectivity index (χ1) is 15.6. The number of hydrogen-bond donors (Lipinski definition) is 3. The lowest BCUT2D eigenvalue weighted by Gasteiger charge is -2.25. The quantitative estimate of drug-likeness (QED) is 0.470. The predicted molar refractivity (Wildman–Crippen MR) is 119 cm³/mol. The fourth-order valence-electron chi connectivity index (χ4n) is 3.68. The number of morpholine rings is 1. The smallest absolute Gasteiger partial charge is 0.287 e. The number of rotatable bonds is 8. The van der Waals surface area contributed by atoms with Crippen LogP contribution in [-0.4, -0.2) is 52.9 Å². The lowest BCUT2D eigenvalue weighted by Crippen LogP contribution is -2.35. The third-order valence-corrected chi connectivity index (χ3v) is 5.40. The van der Waals surface area contributed by atoms with Gasteiger partial charge in [0.05, 0.1) is 25.8 Å². The molecule has 1 amide bonds. The number of amides is 1. The van der Waals surface area contributed by atoms with Crippen molar-refractivity contribution in [2.75, 3.05) is 26.3 Å². The molecule has 0 spiro atoms. The number of benzene rings is 1. The van der Waals surface area contributed by atoms with Crippen LogP contribution in [0.5, 0.6) is 5.75 Å². The second kappa shape index (κ2) is 10.2. The highest BCUT2D eigenvalue weighted by Crippen LogP contribution is 2.28. The third-order valence-electron chi connectivity index (χ3n) is 5.40. The molecule has 8 nitrogen and oxygen atoms in total. The minimum atomic E-state index is -0.607. The molecular formula is C24H26N4O4. The molecule has 32 heavy (non-hydrogen) atoms. The summed E-state index contributed by atoms with van der Waals surface area (Å²) in [5, 5.41) is 21.7. The number of aromatic nitrogens is 1. The highest BCUT2D eigenvalue weighted by molar-refractivity contribution is 5.99. The molecule has 1 saturated heterocycles. The summed E-state index contributed by atoms with van der Waals surface area (Å²) < 4.78 is 11.1. The number of nitrogens with one attached hydrogen (secondary N) is 2. The minimum Gasteiger partial charge on any atom is -0.508 e. The van der Waals surface area contributed by atoms with Gasteiger partial charge in [-0.25, -0.2) is 0 Å². The molecule has 0 aliphatic carbocycles. The van der Waals surface area contributed by atoms with Crippen LogP contribution in [0.1, 0.15) is 39.9 Å². The van der Waals surface area contributed by atoms with Gasteiger partial charge in [0, 0.05) is 48.7 Å². The zero-order valence-electron chi connectivity index (χ0n) is 17.7. The molecule has 3 N–H and O–H groups in total. The minimum absolute atomic E-state index is 0.0595. The van der Waals surface area contributed by atoms with Crippen LogP contribution in [0, 0.1) is 5.41 Å². The van der Waals surface area contributed by atoms with Gasteiger partial charge >= 0.3 is 0 Å². The van der Waals surface area contributed by atoms with Crippen LogP contribution in [0.25, 0.3) is 0 Å². The topological polar surface area (TPSA) is 112 Å². The molecule has 3 heterocycles. The van der Waals surface area contributed by atoms with Crippen LogP contribution in [-0.2, 0) is 11.3 Å². The molecule has 0 saturated carbocycles. The Hall–Kier alpha value is -3.49. The van der Waals surface area contributed by atoms with E-state index in [1.54, 1.807) is 60.9 Å². The van der Waals surface area contributed by atoms with E-state index in [1.807, 2.05) is 0 Å². The van der Waals surface area contributed by atoms with E-state index in [0.29, 0.717) is 42.4 Å². The normalized spacial score (nSPS) is 15.2. The Morgan fingerprint density at radius 3 is 2.72 bits per heavy atom. The summed E-state index contributed by atoms with van der Waals surface area (Å²) in [6, 6.07) is 13.2. The second-order valence-electron chi connectivity index (χ2n) is 7.66. The predicted octanol–water partition coefficient (Wildman–Crippen LogP) is 3.14. The summed E-state index contributed by atoms with van der Waals surface area (Å²) in [6.07, 6.45) is 3.44. The largest absolute Gasteiger partial charge is 0.508 e. The van der Waals surface area contributed by atoms with Crippen molar-refractivity contribution in [3.05, 3.63) is 83.6 Å². The first kappa shape index (κ1) is 21.7. The number of furan rings is 1. The molecule has 1 atom stereocenters. The van der Waals surface area contributed by atoms with Gasteiger partial charge in [-0.15, -0.1) is 0 Å². The zero-order valence-corrected chi connectivity index (χ0v) is 17.7. The Bertz CT molecular complexity index is 1060. The van der Waals surface area contributed by atoms with Crippen LogP contribution in [0.2, 0.25) is 0 Å². The van der Waals surface area contributed by atoms with Crippen molar-refractivity contribution in [1.29, 1.82) is 5.41 Å². The van der Waals surface area contributed by atoms with E-state index in [1.165, 1.54) is 0 Å². The number of phenolic OH excluding ortho intramolecular Hbond substituents is 1. The van der Waals surface area contributed by atoms with E-state index >= 15 is 0 Å². The number of carbonyl (C=O) groups is 1. The fourth-order valence-corrected chi connectivity index (χ4v) is 3.68. The summed E-state index contributed by atoms with van der Waals surface area (Å²) in [7, 11) is 0. The number of pyridine rings is 1. The van der Waals surface area contributed by atoms with Crippen molar-refractivity contribution in [3.8, 4) is 5.75 Å². The molecular weight excluding hydrogens is 408 g/mol. The summed E-state index contributed by atoms with van der Waals surface area (Å²) in [5.41, 5.74) is 1.50. The molecule has 8 heteroatoms. The number of ether oxygens (including phenoxy) is 1. The van der Waals surface area contributed by atoms with Gasteiger partial charge in [-0.3, -0.25) is 14.7 Å². The maximum atomic E-state index is 13.0. The van der Waals surface area contributed by atoms with E-state index in [2.05, 4.69) is 15.2 Å². The number of aromatic hydroxyl groups is 1. The zero-order chi connectivity index (χ0) is 22.3. The van der Waals surface area contributed by atoms with E-state index in [0.717, 1.165) is 13.1 Å². The third kappa shape index (κ3) is 5.40. The van der Waals surface area contributed by atoms with Crippen molar-refractivity contribution in [2.45, 2.75) is 19.0 Å². The van der Waals surface area contributed by atoms with Crippen molar-refractivity contribution in [1.82, 2.24) is 15.2 Å². The molecule has 0 radical (unpaired) electrons. The monoisotopic (exact) mass is 434 g/mol. The Balaban J connectivity index is 1.48. The maximum Gasteiger partial charge on any atom is 0.287 e. The van der Waals surface area contributed by atoms with Crippen LogP contribution in [0.3, 0.4) is 0 Å². The van der Waals surface area contributed by atoms with Gasteiger partial charge in [0.2, 0.25) is 0 Å². The van der Waals surface area contributed by atoms with Gasteiger partial charge < -0.3 is 25.0 Å². The molecule has 4 rings (SSSR count). The van der Waals surface area contributed by atoms with E-state index in [-0.39, 0.29) is 17.9 Å². The summed E-state index contributed by atoms with van der Waals surface area (Å²) in [4.78, 5) is 19.2. The number of phenols is 1. The fraction of sp³-hybridized carbons (Fsp3) is 0.292. The van der Waals surface area contributed by atoms with Crippen molar-refractivity contribution < 1.29 is 19.1 Å². The average molecular weight is 434 g/mol. The summed E-state index contributed by atoms with van der Waals surface area (Å²) in [6.45, 7) is 3.66. The lowest BCUT2D eigenvalue weighted by molar-refractivity contribution is 0.0311. The Morgan fingerprint density at radius 1 is 1.16 bits per heavy atom. The van der Waals surface area contributed by atoms with E-state index in [9.17, 15) is 9.90 Å². The first-order valence-electron chi connectivity index (χ1n) is 10.6. The van der Waals surface area contributed by atoms with Crippen LogP contribution < -0.4 is 5.32 Å². The van der Waals surface area contributed by atoms with Crippen molar-refractivity contribution in [3.63, 3.8) is 0 Å². The molecule has 1 aliphatic rings. The highest BCUT2D eigenvalue weighted by atomic mass is 16.5. The van der Waals surface area contributed by atoms with Gasteiger partial charge in [0.25, 0.3) is 5.91 Å². The van der Waals surface area contributed by atoms with Gasteiger partial charge in [0.1, 0.15) is 11.5 Å². The standard InChI is InChI=1S/C24H26N4O4/c25-20(17-4-3-9-26-15-17)14-21(19-5-1-2-6-22(19)29)27-24(30)23-8-7-18(32-23)16-28-10-12-31-13-11-28/h1-9,15,21,25,29H,10-14,16H2,(H,27,30). The molecule has 0 bridgehead atoms. The average Bonchev–Trinajstić information content (AvgIpc) is 3.29. The van der Waals surface area contributed by atoms with Gasteiger partial charge in [-0.1, -0.05) is 24.3 Å². The number of carbonyl (C=O) groups excluding carboxylic acids is 1. The number of para-hydroxylation sites is 1. The van der Waals surface area contributed by atoms with Gasteiger partial charge in [0.15, 0.2) is 5.76 Å². The Labute approximate surface area is 186 Å². The molecule has 2 aromatic heterocycles. The first-order valence-corrected chi connectivity index (χ1v) is 10.6. The van der Waals surface area contributed by atoms with E-state index < -0.39 is 11.9 Å². The molecule has 1 unspecified atom stereocenters. The second-order valence-corrected chi connectivity index (χ2v) is 7.66. The van der Waals surface area contributed by atoms with Crippen LogP contribution in [0.4, 0.5) is 0 Å². The lowest BCUT2D eigenvalue weighted by atomic mass is 9.97. The summed E-state index contributed by atoms with van der Waals surface area (Å²) in [5.74, 6) is 0.565. The van der Waals surface area contributed by atoms with Crippen molar-refractivity contribution in [2.24, 2.45) is 0 Å². The molecule has 1 aromatic carbocycles. The van der Waals surface area contributed by atoms with Gasteiger partial charge in [-0.05, 0) is 24.3 Å². The molecule has 1 aliphatic heterocycles. The molecule has 1 fully saturated rings. The van der Waals surface area contributed by atoms with E-state index in [4.69, 9.17) is 14.6 Å². The SMILES string of the molecule is N=C(CC(NC(=O)c1ccc(CN2CCOCC2)o1)c1ccccc1O)c1cccnc1. The molecule has 166 valence electrons. The van der Waals surface area contributed by atoms with Crippen LogP contribution >= 0.6 is 0 Å². The Kier molecular flexibility index (Phi) is 6.94.